The van der Waals surface area contributed by atoms with Crippen molar-refractivity contribution in [1.82, 2.24) is 4.90 Å². The van der Waals surface area contributed by atoms with E-state index in [-0.39, 0.29) is 5.97 Å². The number of methoxy groups -OCH3 is 1. The van der Waals surface area contributed by atoms with Gasteiger partial charge in [0.15, 0.2) is 0 Å². The van der Waals surface area contributed by atoms with Gasteiger partial charge in [-0.15, -0.1) is 0 Å². The monoisotopic (exact) mass is 476 g/mol. The van der Waals surface area contributed by atoms with Crippen LogP contribution in [0.5, 0.6) is 0 Å². The SMILES string of the molecule is COC(=O)C(C)(CCCN1CCN(c2cccc(-c3cccc(Cl)c3)c2)CC1)c1ccccc1. The standard InChI is InChI=1S/C29H33ClN2O2/c1-29(28(33)34-2,25-11-4-3-5-12-25)15-8-16-31-17-19-32(20-18-31)27-14-7-10-24(22-27)23-9-6-13-26(30)21-23/h3-7,9-14,21-22H,8,15-20H2,1-2H3. The summed E-state index contributed by atoms with van der Waals surface area (Å²) in [6.45, 7) is 7.00. The van der Waals surface area contributed by atoms with E-state index < -0.39 is 5.41 Å². The maximum absolute atomic E-state index is 12.6. The molecule has 0 N–H and O–H groups in total. The maximum atomic E-state index is 12.6. The third-order valence-electron chi connectivity index (χ3n) is 6.94. The van der Waals surface area contributed by atoms with Crippen LogP contribution in [0.4, 0.5) is 5.69 Å². The highest BCUT2D eigenvalue weighted by Gasteiger charge is 2.36. The number of piperazine rings is 1. The van der Waals surface area contributed by atoms with Crippen LogP contribution in [0.2, 0.25) is 5.02 Å². The van der Waals surface area contributed by atoms with E-state index in [1.165, 1.54) is 18.4 Å². The van der Waals surface area contributed by atoms with Crippen LogP contribution in [-0.4, -0.2) is 50.7 Å². The van der Waals surface area contributed by atoms with E-state index in [0.29, 0.717) is 0 Å². The molecule has 0 bridgehead atoms. The second-order valence-electron chi connectivity index (χ2n) is 9.18. The third-order valence-corrected chi connectivity index (χ3v) is 7.17. The Morgan fingerprint density at radius 1 is 0.912 bits per heavy atom. The normalized spacial score (nSPS) is 16.1. The predicted octanol–water partition coefficient (Wildman–Crippen LogP) is 6.04. The van der Waals surface area contributed by atoms with Gasteiger partial charge in [0, 0.05) is 36.9 Å². The smallest absolute Gasteiger partial charge is 0.315 e. The number of anilines is 1. The first-order chi connectivity index (χ1) is 16.5. The van der Waals surface area contributed by atoms with Crippen LogP contribution in [0.1, 0.15) is 25.3 Å². The first-order valence-corrected chi connectivity index (χ1v) is 12.3. The van der Waals surface area contributed by atoms with E-state index in [0.717, 1.165) is 61.7 Å². The molecule has 34 heavy (non-hydrogen) atoms. The molecular formula is C29H33ClN2O2. The molecular weight excluding hydrogens is 444 g/mol. The van der Waals surface area contributed by atoms with Gasteiger partial charge in [0.05, 0.1) is 12.5 Å². The summed E-state index contributed by atoms with van der Waals surface area (Å²) in [6, 6.07) is 26.7. The minimum Gasteiger partial charge on any atom is -0.468 e. The van der Waals surface area contributed by atoms with Crippen LogP contribution in [0, 0.1) is 0 Å². The quantitative estimate of drug-likeness (QED) is 0.371. The van der Waals surface area contributed by atoms with Crippen LogP contribution in [0.25, 0.3) is 11.1 Å². The Balaban J connectivity index is 1.32. The lowest BCUT2D eigenvalue weighted by Gasteiger charge is -2.37. The summed E-state index contributed by atoms with van der Waals surface area (Å²) in [4.78, 5) is 17.6. The average molecular weight is 477 g/mol. The van der Waals surface area contributed by atoms with Gasteiger partial charge in [-0.2, -0.15) is 0 Å². The number of nitrogens with zero attached hydrogens (tertiary/aromatic N) is 2. The zero-order chi connectivity index (χ0) is 24.0. The van der Waals surface area contributed by atoms with Crippen molar-refractivity contribution in [3.05, 3.63) is 89.4 Å². The summed E-state index contributed by atoms with van der Waals surface area (Å²) in [7, 11) is 1.48. The Morgan fingerprint density at radius 3 is 2.26 bits per heavy atom. The van der Waals surface area contributed by atoms with Crippen molar-refractivity contribution in [2.24, 2.45) is 0 Å². The van der Waals surface area contributed by atoms with Gasteiger partial charge in [-0.25, -0.2) is 0 Å². The summed E-state index contributed by atoms with van der Waals surface area (Å²) in [5.41, 5.74) is 3.98. The maximum Gasteiger partial charge on any atom is 0.315 e. The molecule has 3 aromatic rings. The highest BCUT2D eigenvalue weighted by atomic mass is 35.5. The first-order valence-electron chi connectivity index (χ1n) is 12.0. The van der Waals surface area contributed by atoms with Gasteiger partial charge in [0.1, 0.15) is 0 Å². The fourth-order valence-corrected chi connectivity index (χ4v) is 5.02. The molecule has 1 saturated heterocycles. The predicted molar refractivity (Wildman–Crippen MR) is 141 cm³/mol. The van der Waals surface area contributed by atoms with Crippen molar-refractivity contribution >= 4 is 23.3 Å². The van der Waals surface area contributed by atoms with Crippen LogP contribution < -0.4 is 4.90 Å². The van der Waals surface area contributed by atoms with Crippen LogP contribution in [-0.2, 0) is 14.9 Å². The Labute approximate surface area is 208 Å². The molecule has 1 fully saturated rings. The summed E-state index contributed by atoms with van der Waals surface area (Å²) in [5.74, 6) is -0.164. The van der Waals surface area contributed by atoms with Gasteiger partial charge < -0.3 is 9.64 Å². The molecule has 178 valence electrons. The van der Waals surface area contributed by atoms with Crippen molar-refractivity contribution in [1.29, 1.82) is 0 Å². The fourth-order valence-electron chi connectivity index (χ4n) is 4.83. The summed E-state index contributed by atoms with van der Waals surface area (Å²) < 4.78 is 5.16. The average Bonchev–Trinajstić information content (AvgIpc) is 2.89. The molecule has 0 aliphatic carbocycles. The number of benzene rings is 3. The molecule has 1 aliphatic heterocycles. The lowest BCUT2D eigenvalue weighted by atomic mass is 9.78. The van der Waals surface area contributed by atoms with E-state index in [9.17, 15) is 4.79 Å². The molecule has 0 aromatic heterocycles. The number of hydrogen-bond donors (Lipinski definition) is 0. The highest BCUT2D eigenvalue weighted by Crippen LogP contribution is 2.31. The molecule has 1 unspecified atom stereocenters. The molecule has 3 aromatic carbocycles. The Bertz CT molecular complexity index is 1100. The van der Waals surface area contributed by atoms with E-state index >= 15 is 0 Å². The summed E-state index contributed by atoms with van der Waals surface area (Å²) in [6.07, 6.45) is 1.72. The molecule has 4 nitrogen and oxygen atoms in total. The number of carbonyl (C=O) groups excluding carboxylic acids is 1. The van der Waals surface area contributed by atoms with Crippen LogP contribution >= 0.6 is 11.6 Å². The Hall–Kier alpha value is -2.82. The van der Waals surface area contributed by atoms with E-state index in [2.05, 4.69) is 40.1 Å². The molecule has 0 radical (unpaired) electrons. The van der Waals surface area contributed by atoms with Gasteiger partial charge in [0.2, 0.25) is 0 Å². The molecule has 0 saturated carbocycles. The molecule has 0 spiro atoms. The zero-order valence-corrected chi connectivity index (χ0v) is 20.8. The van der Waals surface area contributed by atoms with E-state index in [4.69, 9.17) is 16.3 Å². The number of halogens is 1. The number of ether oxygens (including phenoxy) is 1. The second kappa shape index (κ2) is 11.1. The highest BCUT2D eigenvalue weighted by molar-refractivity contribution is 6.30. The van der Waals surface area contributed by atoms with Crippen molar-refractivity contribution in [2.45, 2.75) is 25.2 Å². The Morgan fingerprint density at radius 2 is 1.59 bits per heavy atom. The lowest BCUT2D eigenvalue weighted by Crippen LogP contribution is -2.47. The topological polar surface area (TPSA) is 32.8 Å². The molecule has 5 heteroatoms. The third kappa shape index (κ3) is 5.63. The molecule has 1 aliphatic rings. The summed E-state index contributed by atoms with van der Waals surface area (Å²) >= 11 is 6.19. The summed E-state index contributed by atoms with van der Waals surface area (Å²) in [5, 5.41) is 0.757. The molecule has 1 atom stereocenters. The number of hydrogen-bond acceptors (Lipinski definition) is 4. The lowest BCUT2D eigenvalue weighted by molar-refractivity contribution is -0.147. The Kier molecular flexibility index (Phi) is 7.91. The van der Waals surface area contributed by atoms with Crippen molar-refractivity contribution < 1.29 is 9.53 Å². The van der Waals surface area contributed by atoms with E-state index in [1.54, 1.807) is 0 Å². The minimum atomic E-state index is -0.612. The van der Waals surface area contributed by atoms with Gasteiger partial charge in [-0.1, -0.05) is 66.2 Å². The van der Waals surface area contributed by atoms with Gasteiger partial charge in [0.25, 0.3) is 0 Å². The number of esters is 1. The first kappa shape index (κ1) is 24.3. The minimum absolute atomic E-state index is 0.164. The van der Waals surface area contributed by atoms with E-state index in [1.807, 2.05) is 55.5 Å². The van der Waals surface area contributed by atoms with Gasteiger partial charge in [-0.3, -0.25) is 9.69 Å². The van der Waals surface area contributed by atoms with Crippen molar-refractivity contribution in [3.8, 4) is 11.1 Å². The van der Waals surface area contributed by atoms with Gasteiger partial charge >= 0.3 is 5.97 Å². The molecule has 0 amide bonds. The molecule has 4 rings (SSSR count). The second-order valence-corrected chi connectivity index (χ2v) is 9.62. The largest absolute Gasteiger partial charge is 0.468 e. The fraction of sp³-hybridized carbons (Fsp3) is 0.345. The molecule has 1 heterocycles. The van der Waals surface area contributed by atoms with Gasteiger partial charge in [-0.05, 0) is 67.3 Å². The van der Waals surface area contributed by atoms with Crippen molar-refractivity contribution in [2.75, 3.05) is 44.7 Å². The van der Waals surface area contributed by atoms with Crippen LogP contribution in [0.15, 0.2) is 78.9 Å². The van der Waals surface area contributed by atoms with Crippen molar-refractivity contribution in [3.63, 3.8) is 0 Å². The zero-order valence-electron chi connectivity index (χ0n) is 20.0. The number of carbonyl (C=O) groups is 1. The number of rotatable bonds is 8. The van der Waals surface area contributed by atoms with Crippen LogP contribution in [0.3, 0.4) is 0 Å².